The zero-order chi connectivity index (χ0) is 12.3. The summed E-state index contributed by atoms with van der Waals surface area (Å²) in [5.41, 5.74) is 0.575. The molecule has 88 valence electrons. The summed E-state index contributed by atoms with van der Waals surface area (Å²) in [7, 11) is 0. The van der Waals surface area contributed by atoms with E-state index < -0.39 is 0 Å². The second kappa shape index (κ2) is 5.42. The highest BCUT2D eigenvalue weighted by molar-refractivity contribution is 9.11. The van der Waals surface area contributed by atoms with Crippen molar-refractivity contribution in [1.82, 2.24) is 20.5 Å². The van der Waals surface area contributed by atoms with Gasteiger partial charge in [-0.05, 0) is 18.2 Å². The summed E-state index contributed by atoms with van der Waals surface area (Å²) in [6, 6.07) is 5.37. The first-order valence-electron chi connectivity index (χ1n) is 4.73. The standard InChI is InChI=1S/C10H8Br2N4O/c11-7-1-6(2-8(12)3-7)10(17)13-4-9-14-5-15-16-9/h1-3,5H,4H2,(H,13,17)(H,14,15,16). The molecule has 0 aliphatic heterocycles. The van der Waals surface area contributed by atoms with Gasteiger partial charge in [-0.15, -0.1) is 0 Å². The third-order valence-electron chi connectivity index (χ3n) is 2.01. The van der Waals surface area contributed by atoms with E-state index in [9.17, 15) is 4.79 Å². The lowest BCUT2D eigenvalue weighted by Gasteiger charge is -2.04. The molecule has 1 heterocycles. The Kier molecular flexibility index (Phi) is 3.90. The topological polar surface area (TPSA) is 70.7 Å². The van der Waals surface area contributed by atoms with E-state index in [4.69, 9.17) is 0 Å². The van der Waals surface area contributed by atoms with Crippen molar-refractivity contribution in [1.29, 1.82) is 0 Å². The van der Waals surface area contributed by atoms with E-state index in [1.807, 2.05) is 6.07 Å². The SMILES string of the molecule is O=C(NCc1ncn[nH]1)c1cc(Br)cc(Br)c1. The first-order valence-corrected chi connectivity index (χ1v) is 6.32. The third-order valence-corrected chi connectivity index (χ3v) is 2.92. The van der Waals surface area contributed by atoms with E-state index in [1.165, 1.54) is 6.33 Å². The van der Waals surface area contributed by atoms with Crippen LogP contribution in [0.15, 0.2) is 33.5 Å². The molecular weight excluding hydrogens is 352 g/mol. The molecule has 0 atom stereocenters. The number of hydrogen-bond donors (Lipinski definition) is 2. The van der Waals surface area contributed by atoms with Crippen molar-refractivity contribution in [2.24, 2.45) is 0 Å². The van der Waals surface area contributed by atoms with Crippen molar-refractivity contribution in [2.45, 2.75) is 6.54 Å². The monoisotopic (exact) mass is 358 g/mol. The van der Waals surface area contributed by atoms with Crippen molar-refractivity contribution < 1.29 is 4.79 Å². The van der Waals surface area contributed by atoms with Gasteiger partial charge in [0.1, 0.15) is 12.2 Å². The Hall–Kier alpha value is -1.21. The van der Waals surface area contributed by atoms with Crippen LogP contribution < -0.4 is 5.32 Å². The van der Waals surface area contributed by atoms with Gasteiger partial charge >= 0.3 is 0 Å². The van der Waals surface area contributed by atoms with Gasteiger partial charge in [0.2, 0.25) is 0 Å². The number of carbonyl (C=O) groups is 1. The molecule has 0 aliphatic rings. The molecule has 1 aromatic heterocycles. The average molecular weight is 360 g/mol. The fourth-order valence-corrected chi connectivity index (χ4v) is 2.56. The molecule has 2 aromatic rings. The van der Waals surface area contributed by atoms with E-state index in [-0.39, 0.29) is 5.91 Å². The van der Waals surface area contributed by atoms with E-state index >= 15 is 0 Å². The Labute approximate surface area is 114 Å². The first kappa shape index (κ1) is 12.3. The van der Waals surface area contributed by atoms with Gasteiger partial charge in [-0.3, -0.25) is 9.89 Å². The predicted octanol–water partition coefficient (Wildman–Crippen LogP) is 2.26. The Morgan fingerprint density at radius 3 is 2.59 bits per heavy atom. The zero-order valence-corrected chi connectivity index (χ0v) is 11.7. The fraction of sp³-hybridized carbons (Fsp3) is 0.100. The molecule has 5 nitrogen and oxygen atoms in total. The molecule has 17 heavy (non-hydrogen) atoms. The van der Waals surface area contributed by atoms with Crippen molar-refractivity contribution >= 4 is 37.8 Å². The summed E-state index contributed by atoms with van der Waals surface area (Å²) in [4.78, 5) is 15.7. The maximum Gasteiger partial charge on any atom is 0.251 e. The number of halogens is 2. The molecule has 0 aliphatic carbocycles. The highest BCUT2D eigenvalue weighted by atomic mass is 79.9. The van der Waals surface area contributed by atoms with Crippen LogP contribution in [0.4, 0.5) is 0 Å². The smallest absolute Gasteiger partial charge is 0.251 e. The van der Waals surface area contributed by atoms with Crippen LogP contribution in [0.5, 0.6) is 0 Å². The van der Waals surface area contributed by atoms with Crippen molar-refractivity contribution in [3.8, 4) is 0 Å². The Morgan fingerprint density at radius 1 is 1.29 bits per heavy atom. The van der Waals surface area contributed by atoms with Gasteiger partial charge in [0.15, 0.2) is 0 Å². The lowest BCUT2D eigenvalue weighted by molar-refractivity contribution is 0.0950. The van der Waals surface area contributed by atoms with Gasteiger partial charge in [-0.2, -0.15) is 5.10 Å². The highest BCUT2D eigenvalue weighted by Gasteiger charge is 2.07. The first-order chi connectivity index (χ1) is 8.15. The van der Waals surface area contributed by atoms with Crippen LogP contribution in [0.3, 0.4) is 0 Å². The van der Waals surface area contributed by atoms with E-state index in [0.29, 0.717) is 17.9 Å². The molecule has 0 bridgehead atoms. The second-order valence-corrected chi connectivity index (χ2v) is 5.10. The minimum Gasteiger partial charge on any atom is -0.345 e. The number of aromatic amines is 1. The summed E-state index contributed by atoms with van der Waals surface area (Å²) in [6.07, 6.45) is 1.40. The minimum absolute atomic E-state index is 0.164. The van der Waals surface area contributed by atoms with Gasteiger partial charge in [0.25, 0.3) is 5.91 Å². The number of nitrogens with one attached hydrogen (secondary N) is 2. The number of hydrogen-bond acceptors (Lipinski definition) is 3. The van der Waals surface area contributed by atoms with Crippen LogP contribution in [0.25, 0.3) is 0 Å². The zero-order valence-electron chi connectivity index (χ0n) is 8.58. The summed E-state index contributed by atoms with van der Waals surface area (Å²) >= 11 is 6.67. The molecule has 0 saturated carbocycles. The summed E-state index contributed by atoms with van der Waals surface area (Å²) < 4.78 is 1.69. The molecule has 0 spiro atoms. The molecule has 0 fully saturated rings. The molecule has 1 aromatic carbocycles. The van der Waals surface area contributed by atoms with Gasteiger partial charge in [0.05, 0.1) is 6.54 Å². The maximum absolute atomic E-state index is 11.8. The number of amides is 1. The van der Waals surface area contributed by atoms with Crippen LogP contribution in [0.1, 0.15) is 16.2 Å². The van der Waals surface area contributed by atoms with Crippen LogP contribution >= 0.6 is 31.9 Å². The van der Waals surface area contributed by atoms with Gasteiger partial charge in [0, 0.05) is 14.5 Å². The number of carbonyl (C=O) groups excluding carboxylic acids is 1. The largest absolute Gasteiger partial charge is 0.345 e. The fourth-order valence-electron chi connectivity index (χ4n) is 1.27. The van der Waals surface area contributed by atoms with Crippen LogP contribution in [-0.2, 0) is 6.54 Å². The number of H-pyrrole nitrogens is 1. The molecule has 7 heteroatoms. The number of nitrogens with zero attached hydrogens (tertiary/aromatic N) is 2. The third kappa shape index (κ3) is 3.37. The lowest BCUT2D eigenvalue weighted by atomic mass is 10.2. The Balaban J connectivity index is 2.04. The summed E-state index contributed by atoms with van der Waals surface area (Å²) in [5, 5.41) is 9.11. The lowest BCUT2D eigenvalue weighted by Crippen LogP contribution is -2.23. The molecule has 2 N–H and O–H groups in total. The van der Waals surface area contributed by atoms with Gasteiger partial charge in [-0.1, -0.05) is 31.9 Å². The molecule has 0 unspecified atom stereocenters. The van der Waals surface area contributed by atoms with Crippen LogP contribution in [-0.4, -0.2) is 21.1 Å². The van der Waals surface area contributed by atoms with Gasteiger partial charge in [-0.25, -0.2) is 4.98 Å². The average Bonchev–Trinajstić information content (AvgIpc) is 2.77. The Morgan fingerprint density at radius 2 is 2.00 bits per heavy atom. The van der Waals surface area contributed by atoms with E-state index in [2.05, 4.69) is 52.4 Å². The number of aromatic nitrogens is 3. The predicted molar refractivity (Wildman–Crippen MR) is 69.4 cm³/mol. The normalized spacial score (nSPS) is 10.2. The van der Waals surface area contributed by atoms with Crippen LogP contribution in [0.2, 0.25) is 0 Å². The Bertz CT molecular complexity index is 507. The van der Waals surface area contributed by atoms with E-state index in [0.717, 1.165) is 8.95 Å². The van der Waals surface area contributed by atoms with Crippen LogP contribution in [0, 0.1) is 0 Å². The van der Waals surface area contributed by atoms with Gasteiger partial charge < -0.3 is 5.32 Å². The van der Waals surface area contributed by atoms with Crippen molar-refractivity contribution in [2.75, 3.05) is 0 Å². The summed E-state index contributed by atoms with van der Waals surface area (Å²) in [6.45, 7) is 0.322. The van der Waals surface area contributed by atoms with E-state index in [1.54, 1.807) is 12.1 Å². The molecular formula is C10H8Br2N4O. The van der Waals surface area contributed by atoms with Crippen molar-refractivity contribution in [3.63, 3.8) is 0 Å². The molecule has 0 saturated heterocycles. The summed E-state index contributed by atoms with van der Waals surface area (Å²) in [5.74, 6) is 0.454. The van der Waals surface area contributed by atoms with Crippen molar-refractivity contribution in [3.05, 3.63) is 44.9 Å². The molecule has 0 radical (unpaired) electrons. The quantitative estimate of drug-likeness (QED) is 0.882. The minimum atomic E-state index is -0.164. The molecule has 1 amide bonds. The maximum atomic E-state index is 11.8. The second-order valence-electron chi connectivity index (χ2n) is 3.27. The highest BCUT2D eigenvalue weighted by Crippen LogP contribution is 2.19. The number of benzene rings is 1. The number of rotatable bonds is 3. The molecule has 2 rings (SSSR count).